The number of hydrogen-bond acceptors (Lipinski definition) is 5. The highest BCUT2D eigenvalue weighted by Gasteiger charge is 2.42. The van der Waals surface area contributed by atoms with Crippen LogP contribution in [0.5, 0.6) is 0 Å². The lowest BCUT2D eigenvalue weighted by molar-refractivity contribution is -0.148. The van der Waals surface area contributed by atoms with Gasteiger partial charge in [-0.15, -0.1) is 0 Å². The summed E-state index contributed by atoms with van der Waals surface area (Å²) < 4.78 is 5.32. The van der Waals surface area contributed by atoms with Gasteiger partial charge in [-0.05, 0) is 81.9 Å². The molecule has 0 spiro atoms. The van der Waals surface area contributed by atoms with Gasteiger partial charge in [-0.3, -0.25) is 4.79 Å². The molecule has 0 bridgehead atoms. The van der Waals surface area contributed by atoms with Gasteiger partial charge < -0.3 is 9.64 Å². The van der Waals surface area contributed by atoms with E-state index in [0.29, 0.717) is 24.8 Å². The second-order valence-electron chi connectivity index (χ2n) is 8.67. The predicted octanol–water partition coefficient (Wildman–Crippen LogP) is 5.18. The van der Waals surface area contributed by atoms with E-state index in [9.17, 15) is 14.9 Å². The zero-order chi connectivity index (χ0) is 24.4. The summed E-state index contributed by atoms with van der Waals surface area (Å²) in [6.07, 6.45) is 2.42. The third kappa shape index (κ3) is 6.76. The number of rotatable bonds is 12. The van der Waals surface area contributed by atoms with Gasteiger partial charge in [0, 0.05) is 18.5 Å². The largest absolute Gasteiger partial charge is 0.465 e. The SMILES string of the molecule is CCOC(=O)C(C#N)(CCCN(C)CCc1cccc(C(=O)CC)c1)c1ccc(C)c(C)c1. The van der Waals surface area contributed by atoms with Gasteiger partial charge in [-0.25, -0.2) is 4.79 Å². The Morgan fingerprint density at radius 1 is 1.06 bits per heavy atom. The first-order chi connectivity index (χ1) is 15.8. The molecule has 2 aromatic carbocycles. The summed E-state index contributed by atoms with van der Waals surface area (Å²) in [4.78, 5) is 27.1. The second-order valence-corrected chi connectivity index (χ2v) is 8.67. The van der Waals surface area contributed by atoms with Crippen molar-refractivity contribution in [1.82, 2.24) is 4.90 Å². The number of nitrogens with zero attached hydrogens (tertiary/aromatic N) is 2. The fourth-order valence-corrected chi connectivity index (χ4v) is 3.94. The summed E-state index contributed by atoms with van der Waals surface area (Å²) in [6, 6.07) is 15.9. The zero-order valence-corrected chi connectivity index (χ0v) is 20.6. The van der Waals surface area contributed by atoms with Crippen LogP contribution in [0.1, 0.15) is 65.7 Å². The third-order valence-corrected chi connectivity index (χ3v) is 6.26. The Morgan fingerprint density at radius 3 is 2.45 bits per heavy atom. The highest BCUT2D eigenvalue weighted by atomic mass is 16.5. The average Bonchev–Trinajstić information content (AvgIpc) is 2.82. The molecule has 33 heavy (non-hydrogen) atoms. The summed E-state index contributed by atoms with van der Waals surface area (Å²) in [5.74, 6) is -0.320. The molecule has 0 radical (unpaired) electrons. The van der Waals surface area contributed by atoms with Gasteiger partial charge in [-0.1, -0.05) is 43.3 Å². The van der Waals surface area contributed by atoms with Crippen molar-refractivity contribution in [3.8, 4) is 6.07 Å². The topological polar surface area (TPSA) is 70.4 Å². The maximum absolute atomic E-state index is 12.9. The molecule has 0 aliphatic heterocycles. The van der Waals surface area contributed by atoms with E-state index in [2.05, 4.69) is 11.0 Å². The first kappa shape index (κ1) is 26.3. The second kappa shape index (κ2) is 12.3. The third-order valence-electron chi connectivity index (χ3n) is 6.26. The predicted molar refractivity (Wildman–Crippen MR) is 131 cm³/mol. The molecule has 0 aromatic heterocycles. The molecule has 5 nitrogen and oxygen atoms in total. The molecule has 0 aliphatic carbocycles. The molecule has 0 saturated carbocycles. The number of ketones is 1. The van der Waals surface area contributed by atoms with E-state index in [4.69, 9.17) is 4.74 Å². The van der Waals surface area contributed by atoms with E-state index in [0.717, 1.165) is 41.8 Å². The van der Waals surface area contributed by atoms with Crippen molar-refractivity contribution in [3.63, 3.8) is 0 Å². The molecule has 5 heteroatoms. The van der Waals surface area contributed by atoms with Crippen molar-refractivity contribution in [2.24, 2.45) is 0 Å². The first-order valence-corrected chi connectivity index (χ1v) is 11.7. The molecule has 2 aromatic rings. The van der Waals surface area contributed by atoms with Crippen molar-refractivity contribution in [2.75, 3.05) is 26.7 Å². The van der Waals surface area contributed by atoms with Crippen LogP contribution in [0.4, 0.5) is 0 Å². The summed E-state index contributed by atoms with van der Waals surface area (Å²) in [6.45, 7) is 9.46. The summed E-state index contributed by atoms with van der Waals surface area (Å²) in [5.41, 5.74) is 3.47. The van der Waals surface area contributed by atoms with Crippen molar-refractivity contribution in [2.45, 2.75) is 58.8 Å². The van der Waals surface area contributed by atoms with Gasteiger partial charge in [0.1, 0.15) is 0 Å². The van der Waals surface area contributed by atoms with Crippen molar-refractivity contribution >= 4 is 11.8 Å². The quantitative estimate of drug-likeness (QED) is 0.331. The molecule has 0 saturated heterocycles. The zero-order valence-electron chi connectivity index (χ0n) is 20.6. The molecule has 1 atom stereocenters. The van der Waals surface area contributed by atoms with Crippen LogP contribution in [0.25, 0.3) is 0 Å². The van der Waals surface area contributed by atoms with Gasteiger partial charge in [0.25, 0.3) is 0 Å². The van der Waals surface area contributed by atoms with Crippen LogP contribution in [0.2, 0.25) is 0 Å². The van der Waals surface area contributed by atoms with Crippen LogP contribution < -0.4 is 0 Å². The summed E-state index contributed by atoms with van der Waals surface area (Å²) in [7, 11) is 2.04. The molecule has 1 unspecified atom stereocenters. The van der Waals surface area contributed by atoms with Gasteiger partial charge in [0.2, 0.25) is 0 Å². The van der Waals surface area contributed by atoms with Crippen molar-refractivity contribution < 1.29 is 14.3 Å². The lowest BCUT2D eigenvalue weighted by Crippen LogP contribution is -2.37. The highest BCUT2D eigenvalue weighted by Crippen LogP contribution is 2.32. The number of benzene rings is 2. The normalized spacial score (nSPS) is 12.8. The van der Waals surface area contributed by atoms with Crippen LogP contribution >= 0.6 is 0 Å². The summed E-state index contributed by atoms with van der Waals surface area (Å²) in [5, 5.41) is 10.1. The number of likely N-dealkylation sites (N-methyl/N-ethyl adjacent to an activating group) is 1. The molecule has 176 valence electrons. The number of carbonyl (C=O) groups excluding carboxylic acids is 2. The lowest BCUT2D eigenvalue weighted by Gasteiger charge is -2.27. The van der Waals surface area contributed by atoms with E-state index in [1.807, 2.05) is 70.3 Å². The number of esters is 1. The van der Waals surface area contributed by atoms with Crippen LogP contribution in [0.3, 0.4) is 0 Å². The van der Waals surface area contributed by atoms with E-state index in [-0.39, 0.29) is 12.4 Å². The Labute approximate surface area is 198 Å². The van der Waals surface area contributed by atoms with Gasteiger partial charge in [-0.2, -0.15) is 5.26 Å². The average molecular weight is 449 g/mol. The van der Waals surface area contributed by atoms with Crippen LogP contribution in [-0.2, 0) is 21.4 Å². The number of Topliss-reactive ketones (excluding diaryl/α,β-unsaturated/α-hetero) is 1. The highest BCUT2D eigenvalue weighted by molar-refractivity contribution is 5.95. The smallest absolute Gasteiger partial charge is 0.331 e. The van der Waals surface area contributed by atoms with E-state index < -0.39 is 11.4 Å². The molecular weight excluding hydrogens is 412 g/mol. The standard InChI is InChI=1S/C28H36N2O3/c1-6-26(31)24-11-8-10-23(19-24)14-17-30(5)16-9-15-28(20-29,27(32)33-7-2)25-13-12-21(3)22(4)18-25/h8,10-13,18-19H,6-7,9,14-17H2,1-5H3. The Hall–Kier alpha value is -2.97. The Balaban J connectivity index is 2.04. The number of aryl methyl sites for hydroxylation is 2. The van der Waals surface area contributed by atoms with E-state index >= 15 is 0 Å². The minimum Gasteiger partial charge on any atom is -0.465 e. The van der Waals surface area contributed by atoms with Crippen molar-refractivity contribution in [1.29, 1.82) is 5.26 Å². The van der Waals surface area contributed by atoms with E-state index in [1.165, 1.54) is 0 Å². The van der Waals surface area contributed by atoms with Gasteiger partial charge >= 0.3 is 5.97 Å². The Bertz CT molecular complexity index is 1010. The molecule has 0 fully saturated rings. The molecule has 0 aliphatic rings. The van der Waals surface area contributed by atoms with E-state index in [1.54, 1.807) is 6.92 Å². The van der Waals surface area contributed by atoms with Crippen LogP contribution in [0.15, 0.2) is 42.5 Å². The Kier molecular flexibility index (Phi) is 9.81. The maximum atomic E-state index is 12.9. The lowest BCUT2D eigenvalue weighted by atomic mass is 9.77. The minimum atomic E-state index is -1.30. The van der Waals surface area contributed by atoms with Gasteiger partial charge in [0.15, 0.2) is 11.2 Å². The fraction of sp³-hybridized carbons (Fsp3) is 0.464. The van der Waals surface area contributed by atoms with Crippen LogP contribution in [-0.4, -0.2) is 43.4 Å². The van der Waals surface area contributed by atoms with Gasteiger partial charge in [0.05, 0.1) is 12.7 Å². The molecule has 0 N–H and O–H groups in total. The monoisotopic (exact) mass is 448 g/mol. The first-order valence-electron chi connectivity index (χ1n) is 11.7. The van der Waals surface area contributed by atoms with Crippen LogP contribution in [0, 0.1) is 25.2 Å². The maximum Gasteiger partial charge on any atom is 0.331 e. The fourth-order valence-electron chi connectivity index (χ4n) is 3.94. The molecule has 0 amide bonds. The Morgan fingerprint density at radius 2 is 1.82 bits per heavy atom. The van der Waals surface area contributed by atoms with Crippen molar-refractivity contribution in [3.05, 3.63) is 70.3 Å². The molecular formula is C28H36N2O3. The number of hydrogen-bond donors (Lipinski definition) is 0. The molecule has 2 rings (SSSR count). The molecule has 0 heterocycles. The number of ether oxygens (including phenoxy) is 1. The number of carbonyl (C=O) groups is 2. The number of nitriles is 1. The minimum absolute atomic E-state index is 0.156. The summed E-state index contributed by atoms with van der Waals surface area (Å²) >= 11 is 0.